The quantitative estimate of drug-likeness (QED) is 0.453. The van der Waals surface area contributed by atoms with Gasteiger partial charge in [0.15, 0.2) is 14.1 Å². The van der Waals surface area contributed by atoms with Crippen LogP contribution < -0.4 is 0 Å². The monoisotopic (exact) mass is 366 g/mol. The van der Waals surface area contributed by atoms with Crippen LogP contribution in [0.2, 0.25) is 18.1 Å². The molecule has 142 valence electrons. The van der Waals surface area contributed by atoms with E-state index in [1.165, 1.54) is 0 Å². The Bertz CT molecular complexity index is 585. The van der Waals surface area contributed by atoms with Crippen molar-refractivity contribution < 1.29 is 19.0 Å². The Morgan fingerprint density at radius 1 is 1.16 bits per heavy atom. The summed E-state index contributed by atoms with van der Waals surface area (Å²) in [6, 6.07) is 0. The molecular weight excluding hydrogens is 332 g/mol. The molecule has 0 amide bonds. The van der Waals surface area contributed by atoms with Crippen molar-refractivity contribution in [3.63, 3.8) is 0 Å². The Balaban J connectivity index is 1.74. The molecule has 0 aromatic heterocycles. The van der Waals surface area contributed by atoms with E-state index in [9.17, 15) is 5.11 Å². The first-order valence-electron chi connectivity index (χ1n) is 9.38. The second-order valence-electron chi connectivity index (χ2n) is 9.40. The average molecular weight is 367 g/mol. The number of ether oxygens (including phenoxy) is 2. The molecule has 1 N–H and O–H groups in total. The normalized spacial score (nSPS) is 37.0. The predicted octanol–water partition coefficient (Wildman–Crippen LogP) is 4.02. The van der Waals surface area contributed by atoms with Gasteiger partial charge in [-0.2, -0.15) is 0 Å². The maximum atomic E-state index is 11.5. The molecule has 1 saturated carbocycles. The third-order valence-corrected chi connectivity index (χ3v) is 11.6. The molecule has 25 heavy (non-hydrogen) atoms. The topological polar surface area (TPSA) is 47.9 Å². The van der Waals surface area contributed by atoms with E-state index in [0.29, 0.717) is 6.42 Å². The average Bonchev–Trinajstić information content (AvgIpc) is 3.17. The van der Waals surface area contributed by atoms with Gasteiger partial charge in [-0.1, -0.05) is 39.0 Å². The lowest BCUT2D eigenvalue weighted by molar-refractivity contribution is -0.238. The highest BCUT2D eigenvalue weighted by molar-refractivity contribution is 6.74. The summed E-state index contributed by atoms with van der Waals surface area (Å²) in [6.07, 6.45) is 8.94. The van der Waals surface area contributed by atoms with Crippen molar-refractivity contribution in [1.82, 2.24) is 0 Å². The molecule has 4 atom stereocenters. The number of hydrogen-bond acceptors (Lipinski definition) is 4. The first kappa shape index (κ1) is 19.3. The first-order valence-corrected chi connectivity index (χ1v) is 12.3. The molecule has 0 aromatic carbocycles. The summed E-state index contributed by atoms with van der Waals surface area (Å²) >= 11 is 0. The van der Waals surface area contributed by atoms with Crippen molar-refractivity contribution in [2.45, 2.75) is 75.7 Å². The second kappa shape index (κ2) is 6.03. The van der Waals surface area contributed by atoms with Crippen LogP contribution in [0, 0.1) is 11.8 Å². The van der Waals surface area contributed by atoms with Gasteiger partial charge in [-0.3, -0.25) is 0 Å². The van der Waals surface area contributed by atoms with Crippen LogP contribution in [-0.4, -0.2) is 45.1 Å². The standard InChI is InChI=1S/C20H34O4Si/c1-18(2,3)25(6,7)24-16-10-8-14(12-16)19(21)13-15-9-11-17(19)20(15,22-4)23-5/h8-9,11,15-17,21H,10,12-13H2,1-7H3/t15-,16-,17-,19-/m0/s1. The van der Waals surface area contributed by atoms with E-state index in [0.717, 1.165) is 18.4 Å². The van der Waals surface area contributed by atoms with Crippen molar-refractivity contribution in [2.75, 3.05) is 14.2 Å². The van der Waals surface area contributed by atoms with Gasteiger partial charge in [-0.15, -0.1) is 0 Å². The van der Waals surface area contributed by atoms with E-state index in [-0.39, 0.29) is 23.0 Å². The molecule has 3 aliphatic carbocycles. The molecule has 3 rings (SSSR count). The van der Waals surface area contributed by atoms with Crippen molar-refractivity contribution in [3.8, 4) is 0 Å². The molecule has 0 heterocycles. The highest BCUT2D eigenvalue weighted by atomic mass is 28.4. The van der Waals surface area contributed by atoms with E-state index >= 15 is 0 Å². The fourth-order valence-electron chi connectivity index (χ4n) is 4.60. The zero-order valence-electron chi connectivity index (χ0n) is 16.8. The van der Waals surface area contributed by atoms with Crippen LogP contribution in [0.15, 0.2) is 23.8 Å². The summed E-state index contributed by atoms with van der Waals surface area (Å²) in [4.78, 5) is 0. The van der Waals surface area contributed by atoms with Gasteiger partial charge in [0.1, 0.15) is 0 Å². The lowest BCUT2D eigenvalue weighted by Crippen LogP contribution is -2.46. The lowest BCUT2D eigenvalue weighted by Gasteiger charge is -2.39. The fourth-order valence-corrected chi connectivity index (χ4v) is 5.97. The van der Waals surface area contributed by atoms with Crippen LogP contribution in [0.4, 0.5) is 0 Å². The lowest BCUT2D eigenvalue weighted by atomic mass is 9.80. The molecule has 0 aliphatic heterocycles. The molecule has 0 saturated heterocycles. The minimum Gasteiger partial charge on any atom is -0.413 e. The van der Waals surface area contributed by atoms with Gasteiger partial charge in [-0.05, 0) is 43.0 Å². The Labute approximate surface area is 153 Å². The van der Waals surface area contributed by atoms with Crippen LogP contribution in [0.1, 0.15) is 40.0 Å². The van der Waals surface area contributed by atoms with Crippen molar-refractivity contribution in [2.24, 2.45) is 11.8 Å². The zero-order chi connectivity index (χ0) is 18.7. The largest absolute Gasteiger partial charge is 0.413 e. The van der Waals surface area contributed by atoms with Gasteiger partial charge >= 0.3 is 0 Å². The Hall–Kier alpha value is -0.463. The highest BCUT2D eigenvalue weighted by Crippen LogP contribution is 2.59. The van der Waals surface area contributed by atoms with Crippen LogP contribution in [0.25, 0.3) is 0 Å². The van der Waals surface area contributed by atoms with E-state index < -0.39 is 19.7 Å². The molecular formula is C20H34O4Si. The summed E-state index contributed by atoms with van der Waals surface area (Å²) < 4.78 is 18.1. The first-order chi connectivity index (χ1) is 11.5. The molecule has 1 fully saturated rings. The highest BCUT2D eigenvalue weighted by Gasteiger charge is 2.65. The van der Waals surface area contributed by atoms with Gasteiger partial charge in [0.25, 0.3) is 0 Å². The van der Waals surface area contributed by atoms with E-state index in [1.54, 1.807) is 14.2 Å². The Kier molecular flexibility index (Phi) is 4.65. The number of aliphatic hydroxyl groups is 1. The smallest absolute Gasteiger partial charge is 0.192 e. The van der Waals surface area contributed by atoms with E-state index in [1.807, 2.05) is 0 Å². The minimum atomic E-state index is -1.80. The van der Waals surface area contributed by atoms with Crippen LogP contribution in [0.5, 0.6) is 0 Å². The van der Waals surface area contributed by atoms with Crippen molar-refractivity contribution >= 4 is 8.32 Å². The second-order valence-corrected chi connectivity index (χ2v) is 14.2. The Morgan fingerprint density at radius 3 is 2.32 bits per heavy atom. The zero-order valence-corrected chi connectivity index (χ0v) is 17.8. The molecule has 5 heteroatoms. The summed E-state index contributed by atoms with van der Waals surface area (Å²) in [5, 5.41) is 11.7. The summed E-state index contributed by atoms with van der Waals surface area (Å²) in [7, 11) is 1.55. The van der Waals surface area contributed by atoms with E-state index in [2.05, 4.69) is 52.1 Å². The number of fused-ring (bicyclic) bond motifs is 2. The van der Waals surface area contributed by atoms with Gasteiger partial charge in [-0.25, -0.2) is 0 Å². The third kappa shape index (κ3) is 2.79. The van der Waals surface area contributed by atoms with Gasteiger partial charge in [0.05, 0.1) is 17.6 Å². The molecule has 0 radical (unpaired) electrons. The molecule has 4 nitrogen and oxygen atoms in total. The van der Waals surface area contributed by atoms with Crippen LogP contribution in [0.3, 0.4) is 0 Å². The maximum Gasteiger partial charge on any atom is 0.192 e. The molecule has 0 aromatic rings. The summed E-state index contributed by atoms with van der Waals surface area (Å²) in [5.41, 5.74) is 0.225. The fraction of sp³-hybridized carbons (Fsp3) is 0.800. The van der Waals surface area contributed by atoms with Crippen LogP contribution >= 0.6 is 0 Å². The molecule has 3 aliphatic rings. The Morgan fingerprint density at radius 2 is 1.80 bits per heavy atom. The molecule has 2 bridgehead atoms. The minimum absolute atomic E-state index is 0.0961. The number of hydrogen-bond donors (Lipinski definition) is 1. The van der Waals surface area contributed by atoms with E-state index in [4.69, 9.17) is 13.9 Å². The van der Waals surface area contributed by atoms with Gasteiger partial charge in [0.2, 0.25) is 0 Å². The van der Waals surface area contributed by atoms with Gasteiger partial charge < -0.3 is 19.0 Å². The predicted molar refractivity (Wildman–Crippen MR) is 102 cm³/mol. The summed E-state index contributed by atoms with van der Waals surface area (Å²) in [5.74, 6) is -0.787. The van der Waals surface area contributed by atoms with Crippen molar-refractivity contribution in [3.05, 3.63) is 23.8 Å². The third-order valence-electron chi connectivity index (χ3n) is 7.07. The van der Waals surface area contributed by atoms with Gasteiger partial charge in [0, 0.05) is 20.1 Å². The maximum absolute atomic E-state index is 11.5. The number of methoxy groups -OCH3 is 2. The summed E-state index contributed by atoms with van der Waals surface area (Å²) in [6.45, 7) is 11.4. The molecule has 0 unspecified atom stereocenters. The van der Waals surface area contributed by atoms with Crippen molar-refractivity contribution in [1.29, 1.82) is 0 Å². The van der Waals surface area contributed by atoms with Crippen LogP contribution in [-0.2, 0) is 13.9 Å². The SMILES string of the molecule is COC1(OC)[C@H]2C=C[C@H]1C[C@]2(O)C1=CC[C@H](O[Si](C)(C)C(C)(C)C)C1. The number of rotatable bonds is 5. The molecule has 0 spiro atoms.